The van der Waals surface area contributed by atoms with E-state index in [-0.39, 0.29) is 0 Å². The maximum absolute atomic E-state index is 8.95. The average molecular weight is 265 g/mol. The Morgan fingerprint density at radius 2 is 2.39 bits per heavy atom. The topological polar surface area (TPSA) is 65.9 Å². The number of halogens is 1. The van der Waals surface area contributed by atoms with Crippen molar-refractivity contribution in [3.8, 4) is 6.07 Å². The number of hydrogen-bond donors (Lipinski definition) is 1. The fraction of sp³-hybridized carbons (Fsp3) is 0.538. The molecule has 18 heavy (non-hydrogen) atoms. The van der Waals surface area contributed by atoms with Crippen LogP contribution in [0.25, 0.3) is 0 Å². The number of pyridine rings is 1. The highest BCUT2D eigenvalue weighted by Gasteiger charge is 2.30. The minimum Gasteiger partial charge on any atom is -0.352 e. The molecular weight excluding hydrogens is 248 g/mol. The fourth-order valence-corrected chi connectivity index (χ4v) is 2.75. The third-order valence-electron chi connectivity index (χ3n) is 3.54. The van der Waals surface area contributed by atoms with Crippen molar-refractivity contribution in [1.29, 1.82) is 5.26 Å². The molecule has 0 saturated carbocycles. The molecule has 0 aromatic carbocycles. The van der Waals surface area contributed by atoms with Gasteiger partial charge < -0.3 is 10.6 Å². The molecule has 0 radical (unpaired) electrons. The van der Waals surface area contributed by atoms with Crippen LogP contribution in [0.4, 0.5) is 5.82 Å². The predicted octanol–water partition coefficient (Wildman–Crippen LogP) is 2.09. The minimum atomic E-state index is 0.385. The number of rotatable bonds is 2. The Balaban J connectivity index is 2.35. The van der Waals surface area contributed by atoms with E-state index < -0.39 is 0 Å². The molecule has 1 aromatic rings. The summed E-state index contributed by atoms with van der Waals surface area (Å²) in [6, 6.07) is 4.18. The van der Waals surface area contributed by atoms with Crippen LogP contribution < -0.4 is 10.6 Å². The summed E-state index contributed by atoms with van der Waals surface area (Å²) in [7, 11) is 0. The van der Waals surface area contributed by atoms with Gasteiger partial charge in [0.2, 0.25) is 0 Å². The lowest BCUT2D eigenvalue weighted by Gasteiger charge is -2.24. The van der Waals surface area contributed by atoms with Crippen LogP contribution in [0.3, 0.4) is 0 Å². The molecule has 2 heterocycles. The van der Waals surface area contributed by atoms with Crippen molar-refractivity contribution in [2.24, 2.45) is 11.7 Å². The summed E-state index contributed by atoms with van der Waals surface area (Å²) in [5.74, 6) is 1.27. The third kappa shape index (κ3) is 2.29. The fourth-order valence-electron chi connectivity index (χ4n) is 2.49. The van der Waals surface area contributed by atoms with E-state index in [9.17, 15) is 0 Å². The monoisotopic (exact) mass is 264 g/mol. The van der Waals surface area contributed by atoms with Gasteiger partial charge in [-0.3, -0.25) is 0 Å². The molecule has 1 fully saturated rings. The van der Waals surface area contributed by atoms with Gasteiger partial charge in [0.15, 0.2) is 0 Å². The summed E-state index contributed by atoms with van der Waals surface area (Å²) >= 11 is 6.23. The predicted molar refractivity (Wildman–Crippen MR) is 72.7 cm³/mol. The van der Waals surface area contributed by atoms with E-state index in [1.807, 2.05) is 6.92 Å². The first-order valence-electron chi connectivity index (χ1n) is 6.10. The first-order chi connectivity index (χ1) is 8.56. The summed E-state index contributed by atoms with van der Waals surface area (Å²) < 4.78 is 0. The Morgan fingerprint density at radius 1 is 1.67 bits per heavy atom. The van der Waals surface area contributed by atoms with Gasteiger partial charge in [-0.1, -0.05) is 11.6 Å². The molecule has 2 rings (SSSR count). The van der Waals surface area contributed by atoms with Crippen molar-refractivity contribution in [2.75, 3.05) is 18.0 Å². The van der Waals surface area contributed by atoms with Crippen LogP contribution >= 0.6 is 11.6 Å². The summed E-state index contributed by atoms with van der Waals surface area (Å²) in [5, 5.41) is 9.50. The molecule has 2 atom stereocenters. The van der Waals surface area contributed by atoms with Crippen LogP contribution in [-0.4, -0.2) is 24.1 Å². The Labute approximate surface area is 112 Å². The minimum absolute atomic E-state index is 0.385. The Bertz CT molecular complexity index is 494. The first kappa shape index (κ1) is 13.1. The lowest BCUT2D eigenvalue weighted by molar-refractivity contribution is 0.579. The van der Waals surface area contributed by atoms with Crippen LogP contribution in [0.15, 0.2) is 6.07 Å². The molecular formula is C13H17ClN4. The number of nitrogens with zero attached hydrogens (tertiary/aromatic N) is 3. The maximum atomic E-state index is 8.95. The van der Waals surface area contributed by atoms with E-state index >= 15 is 0 Å². The van der Waals surface area contributed by atoms with E-state index in [0.29, 0.717) is 29.1 Å². The summed E-state index contributed by atoms with van der Waals surface area (Å²) in [4.78, 5) is 6.66. The molecule has 0 amide bonds. The summed E-state index contributed by atoms with van der Waals surface area (Å²) in [6.45, 7) is 5.56. The van der Waals surface area contributed by atoms with Crippen molar-refractivity contribution >= 4 is 17.4 Å². The summed E-state index contributed by atoms with van der Waals surface area (Å²) in [6.07, 6.45) is 1.06. The normalized spacial score (nSPS) is 23.2. The molecule has 1 aliphatic rings. The van der Waals surface area contributed by atoms with Gasteiger partial charge in [0.05, 0.1) is 16.3 Å². The van der Waals surface area contributed by atoms with Crippen LogP contribution in [0.5, 0.6) is 0 Å². The van der Waals surface area contributed by atoms with Gasteiger partial charge in [-0.2, -0.15) is 5.26 Å². The van der Waals surface area contributed by atoms with Crippen LogP contribution in [-0.2, 0) is 0 Å². The average Bonchev–Trinajstić information content (AvgIpc) is 2.73. The summed E-state index contributed by atoms with van der Waals surface area (Å²) in [5.41, 5.74) is 6.98. The van der Waals surface area contributed by atoms with Gasteiger partial charge in [-0.15, -0.1) is 0 Å². The second-order valence-electron chi connectivity index (χ2n) is 4.88. The smallest absolute Gasteiger partial charge is 0.148 e. The van der Waals surface area contributed by atoms with E-state index in [4.69, 9.17) is 22.6 Å². The number of aryl methyl sites for hydroxylation is 1. The molecule has 4 nitrogen and oxygen atoms in total. The SMILES string of the molecule is Cc1nc(N2CC(CN)CC2C)c(Cl)cc1C#N. The molecule has 0 bridgehead atoms. The zero-order valence-electron chi connectivity index (χ0n) is 10.7. The first-order valence-corrected chi connectivity index (χ1v) is 6.48. The van der Waals surface area contributed by atoms with Crippen molar-refractivity contribution < 1.29 is 0 Å². The zero-order chi connectivity index (χ0) is 13.3. The molecule has 2 unspecified atom stereocenters. The number of aromatic nitrogens is 1. The van der Waals surface area contributed by atoms with Crippen molar-refractivity contribution in [2.45, 2.75) is 26.3 Å². The molecule has 0 aliphatic carbocycles. The highest BCUT2D eigenvalue weighted by molar-refractivity contribution is 6.33. The number of nitrogens with two attached hydrogens (primary N) is 1. The third-order valence-corrected chi connectivity index (χ3v) is 3.81. The number of anilines is 1. The molecule has 1 saturated heterocycles. The molecule has 2 N–H and O–H groups in total. The van der Waals surface area contributed by atoms with Crippen LogP contribution in [0, 0.1) is 24.2 Å². The Hall–Kier alpha value is -1.31. The van der Waals surface area contributed by atoms with E-state index in [1.165, 1.54) is 0 Å². The number of hydrogen-bond acceptors (Lipinski definition) is 4. The van der Waals surface area contributed by atoms with E-state index in [1.54, 1.807) is 6.07 Å². The van der Waals surface area contributed by atoms with Gasteiger partial charge >= 0.3 is 0 Å². The molecule has 1 aliphatic heterocycles. The van der Waals surface area contributed by atoms with Crippen LogP contribution in [0.2, 0.25) is 5.02 Å². The lowest BCUT2D eigenvalue weighted by Crippen LogP contribution is -2.29. The molecule has 96 valence electrons. The molecule has 0 spiro atoms. The van der Waals surface area contributed by atoms with Gasteiger partial charge in [0.1, 0.15) is 11.9 Å². The highest BCUT2D eigenvalue weighted by Crippen LogP contribution is 2.33. The Morgan fingerprint density at radius 3 is 2.94 bits per heavy atom. The van der Waals surface area contributed by atoms with Gasteiger partial charge in [-0.05, 0) is 38.8 Å². The standard InChI is InChI=1S/C13H17ClN4/c1-8-3-10(5-15)7-18(8)13-12(14)4-11(6-16)9(2)17-13/h4,8,10H,3,5,7,15H2,1-2H3. The second kappa shape index (κ2) is 5.13. The molecule has 1 aromatic heterocycles. The van der Waals surface area contributed by atoms with Gasteiger partial charge in [0, 0.05) is 12.6 Å². The second-order valence-corrected chi connectivity index (χ2v) is 5.28. The van der Waals surface area contributed by atoms with E-state index in [0.717, 1.165) is 24.5 Å². The van der Waals surface area contributed by atoms with Crippen molar-refractivity contribution in [3.05, 3.63) is 22.3 Å². The largest absolute Gasteiger partial charge is 0.352 e. The van der Waals surface area contributed by atoms with E-state index in [2.05, 4.69) is 22.9 Å². The van der Waals surface area contributed by atoms with Gasteiger partial charge in [-0.25, -0.2) is 4.98 Å². The van der Waals surface area contributed by atoms with Gasteiger partial charge in [0.25, 0.3) is 0 Å². The van der Waals surface area contributed by atoms with Crippen LogP contribution in [0.1, 0.15) is 24.6 Å². The lowest BCUT2D eigenvalue weighted by atomic mass is 10.1. The quantitative estimate of drug-likeness (QED) is 0.888. The maximum Gasteiger partial charge on any atom is 0.148 e. The molecule has 5 heteroatoms. The zero-order valence-corrected chi connectivity index (χ0v) is 11.4. The van der Waals surface area contributed by atoms with Crippen molar-refractivity contribution in [1.82, 2.24) is 4.98 Å². The number of nitriles is 1. The highest BCUT2D eigenvalue weighted by atomic mass is 35.5. The Kier molecular flexibility index (Phi) is 3.74. The van der Waals surface area contributed by atoms with Crippen molar-refractivity contribution in [3.63, 3.8) is 0 Å².